The first-order valence-electron chi connectivity index (χ1n) is 10.7. The van der Waals surface area contributed by atoms with Gasteiger partial charge in [-0.15, -0.1) is 0 Å². The van der Waals surface area contributed by atoms with Crippen LogP contribution in [0.3, 0.4) is 0 Å². The summed E-state index contributed by atoms with van der Waals surface area (Å²) in [5, 5.41) is 9.75. The molecule has 0 heterocycles. The molecule has 0 aromatic heterocycles. The molecule has 184 valence electrons. The molecule has 10 heteroatoms. The quantitative estimate of drug-likeness (QED) is 0.367. The molecule has 0 aliphatic carbocycles. The zero-order chi connectivity index (χ0) is 25.3. The summed E-state index contributed by atoms with van der Waals surface area (Å²) in [4.78, 5) is 47.7. The van der Waals surface area contributed by atoms with Crippen molar-refractivity contribution in [2.45, 2.75) is 66.0 Å². The second-order valence-electron chi connectivity index (χ2n) is 8.39. The lowest BCUT2D eigenvalue weighted by Crippen LogP contribution is -2.52. The van der Waals surface area contributed by atoms with E-state index in [1.54, 1.807) is 34.6 Å². The van der Waals surface area contributed by atoms with Crippen molar-refractivity contribution >= 4 is 24.1 Å². The van der Waals surface area contributed by atoms with Crippen LogP contribution in [0.25, 0.3) is 0 Å². The number of carbonyl (C=O) groups is 4. The van der Waals surface area contributed by atoms with Crippen LogP contribution in [0.2, 0.25) is 0 Å². The van der Waals surface area contributed by atoms with Gasteiger partial charge < -0.3 is 29.8 Å². The number of carbonyl (C=O) groups excluding carboxylic acids is 3. The van der Waals surface area contributed by atoms with Crippen LogP contribution in [0.1, 0.15) is 53.5 Å². The molecule has 0 saturated heterocycles. The molecule has 0 fully saturated rings. The Morgan fingerprint density at radius 3 is 2.00 bits per heavy atom. The number of hydrogen-bond acceptors (Lipinski definition) is 9. The van der Waals surface area contributed by atoms with Crippen LogP contribution in [-0.4, -0.2) is 47.4 Å². The third kappa shape index (κ3) is 8.72. The Bertz CT molecular complexity index is 865. The third-order valence-corrected chi connectivity index (χ3v) is 4.53. The van der Waals surface area contributed by atoms with E-state index in [2.05, 4.69) is 0 Å². The number of carboxylic acids is 1. The van der Waals surface area contributed by atoms with Gasteiger partial charge in [0, 0.05) is 12.8 Å². The first-order valence-corrected chi connectivity index (χ1v) is 10.7. The minimum Gasteiger partial charge on any atom is -0.480 e. The summed E-state index contributed by atoms with van der Waals surface area (Å²) in [6.07, 6.45) is -2.14. The lowest BCUT2D eigenvalue weighted by atomic mass is 9.86. The summed E-state index contributed by atoms with van der Waals surface area (Å²) >= 11 is 0. The van der Waals surface area contributed by atoms with E-state index in [9.17, 15) is 24.3 Å². The Morgan fingerprint density at radius 2 is 1.52 bits per heavy atom. The van der Waals surface area contributed by atoms with E-state index in [1.165, 1.54) is 25.1 Å². The number of esters is 2. The van der Waals surface area contributed by atoms with Crippen molar-refractivity contribution in [3.8, 4) is 11.5 Å². The number of ether oxygens (including phenoxy) is 4. The van der Waals surface area contributed by atoms with Gasteiger partial charge in [0.05, 0.1) is 18.4 Å². The number of carboxylic acid groups (broad SMARTS) is 1. The van der Waals surface area contributed by atoms with Gasteiger partial charge in [-0.2, -0.15) is 0 Å². The van der Waals surface area contributed by atoms with Crippen LogP contribution in [0.4, 0.5) is 4.79 Å². The Labute approximate surface area is 193 Å². The molecule has 1 aromatic carbocycles. The van der Waals surface area contributed by atoms with E-state index >= 15 is 0 Å². The maximum Gasteiger partial charge on any atom is 0.508 e. The van der Waals surface area contributed by atoms with Gasteiger partial charge in [0.15, 0.2) is 11.5 Å². The lowest BCUT2D eigenvalue weighted by Gasteiger charge is -2.28. The normalized spacial score (nSPS) is 13.7. The van der Waals surface area contributed by atoms with E-state index in [4.69, 9.17) is 24.7 Å². The fourth-order valence-electron chi connectivity index (χ4n) is 2.75. The van der Waals surface area contributed by atoms with Crippen LogP contribution >= 0.6 is 0 Å². The van der Waals surface area contributed by atoms with Crippen LogP contribution < -0.4 is 15.2 Å². The fourth-order valence-corrected chi connectivity index (χ4v) is 2.75. The molecule has 1 unspecified atom stereocenters. The van der Waals surface area contributed by atoms with Crippen LogP contribution in [0, 0.1) is 11.8 Å². The van der Waals surface area contributed by atoms with Gasteiger partial charge in [-0.3, -0.25) is 14.4 Å². The highest BCUT2D eigenvalue weighted by molar-refractivity contribution is 5.80. The summed E-state index contributed by atoms with van der Waals surface area (Å²) in [7, 11) is 0. The molecule has 0 amide bonds. The lowest BCUT2D eigenvalue weighted by molar-refractivity contribution is -0.144. The summed E-state index contributed by atoms with van der Waals surface area (Å²) in [6, 6.07) is 4.35. The van der Waals surface area contributed by atoms with Gasteiger partial charge in [0.25, 0.3) is 0 Å². The van der Waals surface area contributed by atoms with Crippen molar-refractivity contribution in [3.05, 3.63) is 23.8 Å². The topological polar surface area (TPSA) is 151 Å². The van der Waals surface area contributed by atoms with Crippen LogP contribution in [0.5, 0.6) is 11.5 Å². The van der Waals surface area contributed by atoms with Gasteiger partial charge in [-0.05, 0) is 31.5 Å². The highest BCUT2D eigenvalue weighted by Crippen LogP contribution is 2.32. The van der Waals surface area contributed by atoms with E-state index in [0.717, 1.165) is 0 Å². The van der Waals surface area contributed by atoms with Crippen molar-refractivity contribution in [2.75, 3.05) is 6.61 Å². The minimum absolute atomic E-state index is 0.0243. The average molecular weight is 468 g/mol. The predicted molar refractivity (Wildman–Crippen MR) is 118 cm³/mol. The van der Waals surface area contributed by atoms with Gasteiger partial charge in [-0.25, -0.2) is 4.79 Å². The zero-order valence-corrected chi connectivity index (χ0v) is 19.9. The Balaban J connectivity index is 3.19. The van der Waals surface area contributed by atoms with Crippen molar-refractivity contribution in [3.63, 3.8) is 0 Å². The molecule has 0 radical (unpaired) electrons. The molecular weight excluding hydrogens is 434 g/mol. The third-order valence-electron chi connectivity index (χ3n) is 4.53. The SMILES string of the molecule is CCOC(=O)O[C@@H](C)CC(N)(Cc1ccc(OC(=O)C(C)C)c(OC(=O)C(C)C)c1)C(=O)O. The monoisotopic (exact) mass is 467 g/mol. The number of rotatable bonds is 11. The molecule has 3 N–H and O–H groups in total. The van der Waals surface area contributed by atoms with Crippen molar-refractivity contribution in [1.82, 2.24) is 0 Å². The maximum atomic E-state index is 12.1. The minimum atomic E-state index is -1.80. The first kappa shape index (κ1) is 27.9. The fraction of sp³-hybridized carbons (Fsp3) is 0.565. The highest BCUT2D eigenvalue weighted by atomic mass is 16.7. The maximum absolute atomic E-state index is 12.1. The standard InChI is InChI=1S/C23H33NO9/c1-7-30-22(29)31-15(6)11-23(24,21(27)28)12-16-8-9-17(32-19(25)13(2)3)18(10-16)33-20(26)14(4)5/h8-10,13-15H,7,11-12,24H2,1-6H3,(H,27,28)/t15-,23?/m0/s1. The van der Waals surface area contributed by atoms with E-state index in [-0.39, 0.29) is 30.9 Å². The second-order valence-corrected chi connectivity index (χ2v) is 8.39. The molecule has 1 aromatic rings. The highest BCUT2D eigenvalue weighted by Gasteiger charge is 2.37. The zero-order valence-electron chi connectivity index (χ0n) is 19.9. The molecule has 1 rings (SSSR count). The van der Waals surface area contributed by atoms with Crippen molar-refractivity contribution in [2.24, 2.45) is 17.6 Å². The number of benzene rings is 1. The summed E-state index contributed by atoms with van der Waals surface area (Å²) in [5.74, 6) is -3.24. The van der Waals surface area contributed by atoms with Crippen LogP contribution in [-0.2, 0) is 30.3 Å². The molecule has 0 aliphatic rings. The smallest absolute Gasteiger partial charge is 0.480 e. The Morgan fingerprint density at radius 1 is 0.970 bits per heavy atom. The average Bonchev–Trinajstić information content (AvgIpc) is 2.69. The summed E-state index contributed by atoms with van der Waals surface area (Å²) in [6.45, 7) is 9.84. The molecular formula is C23H33NO9. The molecule has 0 spiro atoms. The molecule has 2 atom stereocenters. The molecule has 10 nitrogen and oxygen atoms in total. The van der Waals surface area contributed by atoms with Crippen molar-refractivity contribution in [1.29, 1.82) is 0 Å². The summed E-state index contributed by atoms with van der Waals surface area (Å²) in [5.41, 5.74) is 4.77. The molecule has 0 saturated carbocycles. The van der Waals surface area contributed by atoms with E-state index in [1.807, 2.05) is 0 Å². The number of nitrogens with two attached hydrogens (primary N) is 1. The second kappa shape index (κ2) is 12.2. The number of hydrogen-bond donors (Lipinski definition) is 2. The number of aliphatic carboxylic acids is 1. The van der Waals surface area contributed by atoms with Gasteiger partial charge in [0.1, 0.15) is 11.6 Å². The summed E-state index contributed by atoms with van der Waals surface area (Å²) < 4.78 is 20.4. The van der Waals surface area contributed by atoms with Gasteiger partial charge in [-0.1, -0.05) is 33.8 Å². The van der Waals surface area contributed by atoms with Gasteiger partial charge in [0.2, 0.25) is 0 Å². The molecule has 33 heavy (non-hydrogen) atoms. The van der Waals surface area contributed by atoms with E-state index < -0.39 is 47.5 Å². The van der Waals surface area contributed by atoms with Gasteiger partial charge >= 0.3 is 24.1 Å². The molecule has 0 aliphatic heterocycles. The first-order chi connectivity index (χ1) is 15.3. The molecule has 0 bridgehead atoms. The predicted octanol–water partition coefficient (Wildman–Crippen LogP) is 3.09. The Kier molecular flexibility index (Phi) is 10.3. The largest absolute Gasteiger partial charge is 0.508 e. The van der Waals surface area contributed by atoms with Crippen molar-refractivity contribution < 1.29 is 43.2 Å². The van der Waals surface area contributed by atoms with Crippen LogP contribution in [0.15, 0.2) is 18.2 Å². The Hall–Kier alpha value is -3.14. The van der Waals surface area contributed by atoms with E-state index in [0.29, 0.717) is 5.56 Å².